The number of fused-ring (bicyclic) bond motifs is 12. The van der Waals surface area contributed by atoms with Crippen molar-refractivity contribution in [3.8, 4) is 17.1 Å². The molecule has 0 saturated heterocycles. The number of benzene rings is 7. The van der Waals surface area contributed by atoms with Crippen LogP contribution in [0.2, 0.25) is 0 Å². The average Bonchev–Trinajstić information content (AvgIpc) is 3.62. The normalized spacial score (nSPS) is 12.1. The third-order valence-corrected chi connectivity index (χ3v) is 9.06. The molecule has 0 spiro atoms. The van der Waals surface area contributed by atoms with Crippen molar-refractivity contribution in [2.45, 2.75) is 0 Å². The fourth-order valence-electron chi connectivity index (χ4n) is 7.11. The molecular weight excluding hydrogens is 538 g/mol. The molecule has 44 heavy (non-hydrogen) atoms. The zero-order valence-corrected chi connectivity index (χ0v) is 23.5. The lowest BCUT2D eigenvalue weighted by atomic mass is 9.93. The van der Waals surface area contributed by atoms with E-state index in [0.29, 0.717) is 0 Å². The summed E-state index contributed by atoms with van der Waals surface area (Å²) in [7, 11) is 0. The number of hydrogen-bond acceptors (Lipinski definition) is 3. The number of hydrogen-bond donors (Lipinski definition) is 0. The smallest absolute Gasteiger partial charge is 0.156 e. The first kappa shape index (κ1) is 23.6. The van der Waals surface area contributed by atoms with Crippen molar-refractivity contribution < 1.29 is 4.42 Å². The lowest BCUT2D eigenvalue weighted by Crippen LogP contribution is -1.99. The Hall–Kier alpha value is -6.00. The molecule has 4 heteroatoms. The molecule has 10 aromatic rings. The van der Waals surface area contributed by atoms with E-state index in [0.717, 1.165) is 50.0 Å². The predicted octanol–water partition coefficient (Wildman–Crippen LogP) is 10.6. The Bertz CT molecular complexity index is 2730. The molecule has 0 aliphatic heterocycles. The monoisotopic (exact) mass is 561 g/mol. The van der Waals surface area contributed by atoms with Gasteiger partial charge in [-0.15, -0.1) is 0 Å². The Morgan fingerprint density at radius 2 is 0.977 bits per heavy atom. The number of aromatic nitrogens is 3. The largest absolute Gasteiger partial charge is 0.456 e. The number of para-hydroxylation sites is 2. The number of furan rings is 1. The minimum Gasteiger partial charge on any atom is -0.456 e. The van der Waals surface area contributed by atoms with E-state index in [1.54, 1.807) is 0 Å². The van der Waals surface area contributed by atoms with Crippen molar-refractivity contribution >= 4 is 76.1 Å². The van der Waals surface area contributed by atoms with Crippen LogP contribution in [0.1, 0.15) is 0 Å². The second-order valence-electron chi connectivity index (χ2n) is 11.4. The van der Waals surface area contributed by atoms with Crippen LogP contribution in [0, 0.1) is 0 Å². The molecule has 0 amide bonds. The van der Waals surface area contributed by atoms with Gasteiger partial charge in [0.1, 0.15) is 11.2 Å². The first-order valence-electron chi connectivity index (χ1n) is 14.8. The topological polar surface area (TPSA) is 43.9 Å². The summed E-state index contributed by atoms with van der Waals surface area (Å²) >= 11 is 0. The average molecular weight is 562 g/mol. The molecule has 0 bridgehead atoms. The van der Waals surface area contributed by atoms with Crippen LogP contribution in [-0.2, 0) is 0 Å². The highest BCUT2D eigenvalue weighted by atomic mass is 16.3. The third-order valence-electron chi connectivity index (χ3n) is 9.06. The third kappa shape index (κ3) is 3.22. The van der Waals surface area contributed by atoms with Crippen LogP contribution in [0.4, 0.5) is 0 Å². The van der Waals surface area contributed by atoms with Gasteiger partial charge < -0.3 is 4.42 Å². The van der Waals surface area contributed by atoms with E-state index in [1.165, 1.54) is 43.1 Å². The van der Waals surface area contributed by atoms with Gasteiger partial charge in [0, 0.05) is 27.1 Å². The summed E-state index contributed by atoms with van der Waals surface area (Å²) in [5.74, 6) is 0.787. The highest BCUT2D eigenvalue weighted by molar-refractivity contribution is 6.28. The van der Waals surface area contributed by atoms with Crippen LogP contribution in [0.15, 0.2) is 144 Å². The molecule has 4 nitrogen and oxygen atoms in total. The predicted molar refractivity (Wildman–Crippen MR) is 182 cm³/mol. The number of rotatable bonds is 2. The fourth-order valence-corrected chi connectivity index (χ4v) is 7.11. The van der Waals surface area contributed by atoms with Crippen LogP contribution in [0.5, 0.6) is 0 Å². The van der Waals surface area contributed by atoms with E-state index >= 15 is 0 Å². The summed E-state index contributed by atoms with van der Waals surface area (Å²) < 4.78 is 8.74. The van der Waals surface area contributed by atoms with E-state index < -0.39 is 0 Å². The molecule has 0 atom stereocenters. The molecular formula is C40H23N3O. The Labute approximate surface area is 251 Å². The summed E-state index contributed by atoms with van der Waals surface area (Å²) in [6.45, 7) is 0. The number of nitrogens with zero attached hydrogens (tertiary/aromatic N) is 3. The highest BCUT2D eigenvalue weighted by Crippen LogP contribution is 2.40. The lowest BCUT2D eigenvalue weighted by molar-refractivity contribution is 0.669. The maximum absolute atomic E-state index is 6.55. The summed E-state index contributed by atoms with van der Waals surface area (Å²) in [6, 6.07) is 45.1. The van der Waals surface area contributed by atoms with Gasteiger partial charge in [-0.05, 0) is 68.7 Å². The summed E-state index contributed by atoms with van der Waals surface area (Å²) in [5.41, 5.74) is 5.71. The van der Waals surface area contributed by atoms with Crippen LogP contribution in [0.3, 0.4) is 0 Å². The molecule has 0 fully saturated rings. The first-order chi connectivity index (χ1) is 21.8. The standard InChI is InChI=1S/C40H23N3O/c1-3-11-27-25(9-1)26-10-2-4-12-28(26)33-21-39-34(20-32(27)33)31-18-17-24(19-38(31)44-39)35-22-41-23-40(42-35)43-36-15-7-5-13-29(36)30-14-6-8-16-37(30)43/h1-23H. The van der Waals surface area contributed by atoms with Gasteiger partial charge in [-0.25, -0.2) is 4.98 Å². The van der Waals surface area contributed by atoms with E-state index in [2.05, 4.69) is 137 Å². The van der Waals surface area contributed by atoms with Gasteiger partial charge in [0.05, 0.1) is 29.1 Å². The lowest BCUT2D eigenvalue weighted by Gasteiger charge is -2.10. The Balaban J connectivity index is 1.17. The van der Waals surface area contributed by atoms with Crippen LogP contribution >= 0.6 is 0 Å². The minimum absolute atomic E-state index is 0.787. The van der Waals surface area contributed by atoms with Crippen molar-refractivity contribution in [3.05, 3.63) is 140 Å². The van der Waals surface area contributed by atoms with Crippen LogP contribution in [-0.4, -0.2) is 14.5 Å². The molecule has 7 aromatic carbocycles. The molecule has 0 radical (unpaired) electrons. The first-order valence-corrected chi connectivity index (χ1v) is 14.8. The van der Waals surface area contributed by atoms with E-state index in [4.69, 9.17) is 9.40 Å². The molecule has 3 heterocycles. The van der Waals surface area contributed by atoms with Crippen molar-refractivity contribution in [1.29, 1.82) is 0 Å². The molecule has 0 unspecified atom stereocenters. The minimum atomic E-state index is 0.787. The Kier molecular flexibility index (Phi) is 4.69. The van der Waals surface area contributed by atoms with Gasteiger partial charge in [0.2, 0.25) is 0 Å². The van der Waals surface area contributed by atoms with Gasteiger partial charge in [0.25, 0.3) is 0 Å². The molecule has 0 N–H and O–H groups in total. The van der Waals surface area contributed by atoms with E-state index in [-0.39, 0.29) is 0 Å². The SMILES string of the molecule is c1ccc2c(c1)c1ccccc1c1cc3c(cc21)oc1cc(-c2cncc(-n4c5ccccc5c5ccccc54)n2)ccc13. The molecule has 0 saturated carbocycles. The maximum atomic E-state index is 6.55. The van der Waals surface area contributed by atoms with E-state index in [1.807, 2.05) is 12.4 Å². The van der Waals surface area contributed by atoms with Crippen LogP contribution in [0.25, 0.3) is 93.1 Å². The van der Waals surface area contributed by atoms with Crippen LogP contribution < -0.4 is 0 Å². The molecule has 204 valence electrons. The van der Waals surface area contributed by atoms with Gasteiger partial charge in [0.15, 0.2) is 5.82 Å². The Morgan fingerprint density at radius 1 is 0.432 bits per heavy atom. The Morgan fingerprint density at radius 3 is 1.64 bits per heavy atom. The zero-order valence-electron chi connectivity index (χ0n) is 23.5. The fraction of sp³-hybridized carbons (Fsp3) is 0. The highest BCUT2D eigenvalue weighted by Gasteiger charge is 2.16. The summed E-state index contributed by atoms with van der Waals surface area (Å²) in [4.78, 5) is 9.75. The van der Waals surface area contributed by atoms with Crippen molar-refractivity contribution in [2.24, 2.45) is 0 Å². The molecule has 0 aliphatic carbocycles. The quantitative estimate of drug-likeness (QED) is 0.197. The van der Waals surface area contributed by atoms with Crippen molar-refractivity contribution in [2.75, 3.05) is 0 Å². The molecule has 10 rings (SSSR count). The second kappa shape index (κ2) is 8.76. The maximum Gasteiger partial charge on any atom is 0.156 e. The second-order valence-corrected chi connectivity index (χ2v) is 11.4. The van der Waals surface area contributed by atoms with Crippen molar-refractivity contribution in [1.82, 2.24) is 14.5 Å². The molecule has 0 aliphatic rings. The van der Waals surface area contributed by atoms with E-state index in [9.17, 15) is 0 Å². The van der Waals surface area contributed by atoms with Gasteiger partial charge in [-0.2, -0.15) is 0 Å². The van der Waals surface area contributed by atoms with Crippen molar-refractivity contribution in [3.63, 3.8) is 0 Å². The zero-order chi connectivity index (χ0) is 28.8. The van der Waals surface area contributed by atoms with Gasteiger partial charge in [-0.3, -0.25) is 9.55 Å². The molecule has 3 aromatic heterocycles. The van der Waals surface area contributed by atoms with Gasteiger partial charge >= 0.3 is 0 Å². The summed E-state index contributed by atoms with van der Waals surface area (Å²) in [5, 5.41) is 12.1. The summed E-state index contributed by atoms with van der Waals surface area (Å²) in [6.07, 6.45) is 3.66. The van der Waals surface area contributed by atoms with Gasteiger partial charge in [-0.1, -0.05) is 91.0 Å².